The van der Waals surface area contributed by atoms with Crippen LogP contribution in [-0.2, 0) is 18.3 Å². The number of imidazole rings is 1. The van der Waals surface area contributed by atoms with Crippen LogP contribution < -0.4 is 0 Å². The molecule has 7 heteroatoms. The van der Waals surface area contributed by atoms with Crippen molar-refractivity contribution >= 4 is 5.97 Å². The average Bonchev–Trinajstić information content (AvgIpc) is 2.98. The fourth-order valence-corrected chi connectivity index (χ4v) is 1.74. The van der Waals surface area contributed by atoms with Gasteiger partial charge < -0.3 is 9.30 Å². The Morgan fingerprint density at radius 1 is 1.58 bits per heavy atom. The standard InChI is InChI=1S/C12H13N5O2/c1-3-19-12(18)9-7-15-16(2)10(9)8-17-5-4-14-11(17)6-13/h4-5,7H,3,8H2,1-2H3. The van der Waals surface area contributed by atoms with Gasteiger partial charge in [-0.3, -0.25) is 4.68 Å². The third kappa shape index (κ3) is 2.47. The quantitative estimate of drug-likeness (QED) is 0.755. The minimum Gasteiger partial charge on any atom is -0.462 e. The largest absolute Gasteiger partial charge is 0.462 e. The lowest BCUT2D eigenvalue weighted by Crippen LogP contribution is -2.12. The predicted molar refractivity (Wildman–Crippen MR) is 65.2 cm³/mol. The van der Waals surface area contributed by atoms with Crippen molar-refractivity contribution in [1.82, 2.24) is 19.3 Å². The van der Waals surface area contributed by atoms with Crippen molar-refractivity contribution in [3.63, 3.8) is 0 Å². The molecule has 2 aromatic rings. The molecule has 0 radical (unpaired) electrons. The Kier molecular flexibility index (Phi) is 3.61. The Balaban J connectivity index is 2.33. The number of esters is 1. The maximum Gasteiger partial charge on any atom is 0.341 e. The molecule has 0 aliphatic heterocycles. The highest BCUT2D eigenvalue weighted by molar-refractivity contribution is 5.90. The summed E-state index contributed by atoms with van der Waals surface area (Å²) in [5.41, 5.74) is 1.08. The van der Waals surface area contributed by atoms with E-state index in [4.69, 9.17) is 10.00 Å². The van der Waals surface area contributed by atoms with Gasteiger partial charge in [-0.2, -0.15) is 10.4 Å². The van der Waals surface area contributed by atoms with E-state index >= 15 is 0 Å². The summed E-state index contributed by atoms with van der Waals surface area (Å²) in [4.78, 5) is 15.7. The summed E-state index contributed by atoms with van der Waals surface area (Å²) in [6.45, 7) is 2.40. The van der Waals surface area contributed by atoms with Gasteiger partial charge in [0.15, 0.2) is 0 Å². The summed E-state index contributed by atoms with van der Waals surface area (Å²) in [5, 5.41) is 13.0. The Morgan fingerprint density at radius 2 is 2.37 bits per heavy atom. The van der Waals surface area contributed by atoms with Crippen LogP contribution in [0, 0.1) is 11.3 Å². The van der Waals surface area contributed by atoms with E-state index in [1.54, 1.807) is 35.6 Å². The molecule has 0 spiro atoms. The number of hydrogen-bond acceptors (Lipinski definition) is 5. The molecule has 0 N–H and O–H groups in total. The summed E-state index contributed by atoms with van der Waals surface area (Å²) in [6.07, 6.45) is 4.69. The summed E-state index contributed by atoms with van der Waals surface area (Å²) in [6, 6.07) is 1.99. The van der Waals surface area contributed by atoms with Gasteiger partial charge in [-0.15, -0.1) is 0 Å². The van der Waals surface area contributed by atoms with Gasteiger partial charge in [-0.05, 0) is 6.92 Å². The summed E-state index contributed by atoms with van der Waals surface area (Å²) in [7, 11) is 1.74. The van der Waals surface area contributed by atoms with Gasteiger partial charge in [0.25, 0.3) is 0 Å². The number of hydrogen-bond donors (Lipinski definition) is 0. The Hall–Kier alpha value is -2.62. The van der Waals surface area contributed by atoms with E-state index in [-0.39, 0.29) is 5.82 Å². The zero-order chi connectivity index (χ0) is 13.8. The van der Waals surface area contributed by atoms with Gasteiger partial charge in [0.1, 0.15) is 11.6 Å². The van der Waals surface area contributed by atoms with Crippen LogP contribution in [-0.4, -0.2) is 31.9 Å². The molecule has 2 rings (SSSR count). The minimum atomic E-state index is -0.413. The summed E-state index contributed by atoms with van der Waals surface area (Å²) < 4.78 is 8.22. The van der Waals surface area contributed by atoms with Crippen molar-refractivity contribution in [2.75, 3.05) is 6.61 Å². The molecular weight excluding hydrogens is 246 g/mol. The van der Waals surface area contributed by atoms with Crippen molar-refractivity contribution in [2.45, 2.75) is 13.5 Å². The van der Waals surface area contributed by atoms with E-state index in [1.807, 2.05) is 6.07 Å². The number of nitrogens with zero attached hydrogens (tertiary/aromatic N) is 5. The fraction of sp³-hybridized carbons (Fsp3) is 0.333. The van der Waals surface area contributed by atoms with Crippen molar-refractivity contribution in [2.24, 2.45) is 7.05 Å². The number of rotatable bonds is 4. The normalized spacial score (nSPS) is 10.2. The molecule has 0 fully saturated rings. The highest BCUT2D eigenvalue weighted by Gasteiger charge is 2.18. The van der Waals surface area contributed by atoms with Crippen LogP contribution in [0.15, 0.2) is 18.6 Å². The van der Waals surface area contributed by atoms with Crippen LogP contribution in [0.3, 0.4) is 0 Å². The first kappa shape index (κ1) is 12.8. The third-order valence-corrected chi connectivity index (χ3v) is 2.69. The molecule has 0 unspecified atom stereocenters. The molecular formula is C12H13N5O2. The average molecular weight is 259 g/mol. The summed E-state index contributed by atoms with van der Waals surface area (Å²) >= 11 is 0. The Labute approximate surface area is 110 Å². The molecule has 19 heavy (non-hydrogen) atoms. The summed E-state index contributed by atoms with van der Waals surface area (Å²) in [5.74, 6) is -0.125. The number of carbonyl (C=O) groups is 1. The lowest BCUT2D eigenvalue weighted by atomic mass is 10.2. The van der Waals surface area contributed by atoms with Crippen LogP contribution in [0.2, 0.25) is 0 Å². The SMILES string of the molecule is CCOC(=O)c1cnn(C)c1Cn1ccnc1C#N. The van der Waals surface area contributed by atoms with E-state index in [0.29, 0.717) is 24.4 Å². The molecule has 0 atom stereocenters. The molecule has 98 valence electrons. The predicted octanol–water partition coefficient (Wildman–Crippen LogP) is 0.713. The highest BCUT2D eigenvalue weighted by Crippen LogP contribution is 2.12. The Morgan fingerprint density at radius 3 is 3.05 bits per heavy atom. The van der Waals surface area contributed by atoms with Crippen LogP contribution in [0.1, 0.15) is 28.8 Å². The van der Waals surface area contributed by atoms with Gasteiger partial charge in [0.2, 0.25) is 5.82 Å². The van der Waals surface area contributed by atoms with E-state index in [1.165, 1.54) is 6.20 Å². The minimum absolute atomic E-state index is 0.288. The second-order valence-electron chi connectivity index (χ2n) is 3.84. The van der Waals surface area contributed by atoms with Crippen molar-refractivity contribution < 1.29 is 9.53 Å². The van der Waals surface area contributed by atoms with E-state index in [0.717, 1.165) is 0 Å². The maximum atomic E-state index is 11.8. The zero-order valence-corrected chi connectivity index (χ0v) is 10.7. The number of aryl methyl sites for hydroxylation is 1. The van der Waals surface area contributed by atoms with Gasteiger partial charge in [0.05, 0.1) is 25.0 Å². The van der Waals surface area contributed by atoms with Crippen LogP contribution in [0.4, 0.5) is 0 Å². The Bertz CT molecular complexity index is 635. The fourth-order valence-electron chi connectivity index (χ4n) is 1.74. The second-order valence-corrected chi connectivity index (χ2v) is 3.84. The number of nitriles is 1. The van der Waals surface area contributed by atoms with Crippen LogP contribution >= 0.6 is 0 Å². The molecule has 2 heterocycles. The van der Waals surface area contributed by atoms with Crippen molar-refractivity contribution in [1.29, 1.82) is 5.26 Å². The first-order valence-corrected chi connectivity index (χ1v) is 5.76. The molecule has 0 bridgehead atoms. The highest BCUT2D eigenvalue weighted by atomic mass is 16.5. The first-order chi connectivity index (χ1) is 9.17. The van der Waals surface area contributed by atoms with E-state index in [2.05, 4.69) is 10.1 Å². The molecule has 0 aromatic carbocycles. The van der Waals surface area contributed by atoms with E-state index < -0.39 is 5.97 Å². The van der Waals surface area contributed by atoms with Gasteiger partial charge >= 0.3 is 5.97 Å². The molecule has 0 amide bonds. The molecule has 0 saturated heterocycles. The zero-order valence-electron chi connectivity index (χ0n) is 10.7. The number of carbonyl (C=O) groups excluding carboxylic acids is 1. The van der Waals surface area contributed by atoms with Gasteiger partial charge in [0, 0.05) is 19.4 Å². The van der Waals surface area contributed by atoms with Crippen molar-refractivity contribution in [3.05, 3.63) is 35.7 Å². The first-order valence-electron chi connectivity index (χ1n) is 5.76. The van der Waals surface area contributed by atoms with Crippen molar-refractivity contribution in [3.8, 4) is 6.07 Å². The third-order valence-electron chi connectivity index (χ3n) is 2.69. The maximum absolute atomic E-state index is 11.8. The molecule has 0 saturated carbocycles. The lowest BCUT2D eigenvalue weighted by Gasteiger charge is -2.07. The van der Waals surface area contributed by atoms with Gasteiger partial charge in [-0.25, -0.2) is 9.78 Å². The lowest BCUT2D eigenvalue weighted by molar-refractivity contribution is 0.0524. The number of ether oxygens (including phenoxy) is 1. The van der Waals surface area contributed by atoms with Gasteiger partial charge in [-0.1, -0.05) is 0 Å². The van der Waals surface area contributed by atoms with E-state index in [9.17, 15) is 4.79 Å². The smallest absolute Gasteiger partial charge is 0.341 e. The van der Waals surface area contributed by atoms with Crippen LogP contribution in [0.25, 0.3) is 0 Å². The second kappa shape index (κ2) is 5.35. The monoisotopic (exact) mass is 259 g/mol. The molecule has 0 aliphatic carbocycles. The molecule has 2 aromatic heterocycles. The number of aromatic nitrogens is 4. The van der Waals surface area contributed by atoms with Crippen LogP contribution in [0.5, 0.6) is 0 Å². The topological polar surface area (TPSA) is 85.7 Å². The molecule has 0 aliphatic rings. The molecule has 7 nitrogen and oxygen atoms in total.